The van der Waals surface area contributed by atoms with Gasteiger partial charge in [0, 0.05) is 17.1 Å². The van der Waals surface area contributed by atoms with Crippen LogP contribution in [0.15, 0.2) is 12.1 Å². The summed E-state index contributed by atoms with van der Waals surface area (Å²) in [5.74, 6) is 0.315. The third kappa shape index (κ3) is 2.61. The standard InChI is InChI=1S/C10H14ClNO/c1-7-4-10(13)8(5-9(7)11)6-12(2)3/h4-5,13H,6H2,1-3H3. The zero-order chi connectivity index (χ0) is 10.0. The topological polar surface area (TPSA) is 23.5 Å². The van der Waals surface area contributed by atoms with Gasteiger partial charge in [0.1, 0.15) is 5.75 Å². The highest BCUT2D eigenvalue weighted by Gasteiger charge is 2.05. The molecule has 1 aromatic rings. The Hall–Kier alpha value is -0.730. The Bertz CT molecular complexity index is 310. The Kier molecular flexibility index (Phi) is 3.17. The minimum absolute atomic E-state index is 0.315. The molecule has 0 spiro atoms. The van der Waals surface area contributed by atoms with E-state index in [2.05, 4.69) is 0 Å². The van der Waals surface area contributed by atoms with E-state index in [4.69, 9.17) is 11.6 Å². The van der Waals surface area contributed by atoms with Crippen LogP contribution in [-0.4, -0.2) is 24.1 Å². The van der Waals surface area contributed by atoms with Crippen molar-refractivity contribution in [3.05, 3.63) is 28.3 Å². The van der Waals surface area contributed by atoms with Crippen LogP contribution in [0.5, 0.6) is 5.75 Å². The second-order valence-electron chi connectivity index (χ2n) is 3.47. The maximum Gasteiger partial charge on any atom is 0.120 e. The molecule has 0 radical (unpaired) electrons. The number of phenolic OH excluding ortho intramolecular Hbond substituents is 1. The van der Waals surface area contributed by atoms with E-state index in [1.165, 1.54) is 0 Å². The molecule has 13 heavy (non-hydrogen) atoms. The fourth-order valence-corrected chi connectivity index (χ4v) is 1.36. The number of benzene rings is 1. The van der Waals surface area contributed by atoms with E-state index in [-0.39, 0.29) is 0 Å². The molecule has 0 aromatic heterocycles. The Morgan fingerprint density at radius 2 is 2.00 bits per heavy atom. The van der Waals surface area contributed by atoms with Crippen molar-refractivity contribution >= 4 is 11.6 Å². The summed E-state index contributed by atoms with van der Waals surface area (Å²) in [5.41, 5.74) is 1.77. The lowest BCUT2D eigenvalue weighted by Gasteiger charge is -2.12. The quantitative estimate of drug-likeness (QED) is 0.791. The third-order valence-corrected chi connectivity index (χ3v) is 2.25. The van der Waals surface area contributed by atoms with Gasteiger partial charge in [0.25, 0.3) is 0 Å². The zero-order valence-corrected chi connectivity index (χ0v) is 8.89. The Balaban J connectivity index is 3.01. The number of halogens is 1. The van der Waals surface area contributed by atoms with Gasteiger partial charge in [0.15, 0.2) is 0 Å². The molecule has 1 rings (SSSR count). The predicted octanol–water partition coefficient (Wildman–Crippen LogP) is 2.42. The van der Waals surface area contributed by atoms with Crippen LogP contribution >= 0.6 is 11.6 Å². The van der Waals surface area contributed by atoms with Gasteiger partial charge < -0.3 is 10.0 Å². The minimum Gasteiger partial charge on any atom is -0.508 e. The van der Waals surface area contributed by atoms with Gasteiger partial charge in [-0.2, -0.15) is 0 Å². The van der Waals surface area contributed by atoms with E-state index in [1.54, 1.807) is 6.07 Å². The summed E-state index contributed by atoms with van der Waals surface area (Å²) < 4.78 is 0. The molecule has 0 unspecified atom stereocenters. The number of aromatic hydroxyl groups is 1. The number of aryl methyl sites for hydroxylation is 1. The van der Waals surface area contributed by atoms with Crippen molar-refractivity contribution in [2.24, 2.45) is 0 Å². The van der Waals surface area contributed by atoms with Crippen molar-refractivity contribution in [3.8, 4) is 5.75 Å². The molecule has 0 aliphatic heterocycles. The molecule has 0 heterocycles. The fourth-order valence-electron chi connectivity index (χ4n) is 1.17. The zero-order valence-electron chi connectivity index (χ0n) is 8.13. The maximum absolute atomic E-state index is 9.58. The fraction of sp³-hybridized carbons (Fsp3) is 0.400. The van der Waals surface area contributed by atoms with Crippen LogP contribution in [0, 0.1) is 6.92 Å². The summed E-state index contributed by atoms with van der Waals surface area (Å²) in [6.45, 7) is 2.58. The Labute approximate surface area is 83.7 Å². The molecule has 1 aromatic carbocycles. The van der Waals surface area contributed by atoms with Gasteiger partial charge in [-0.1, -0.05) is 11.6 Å². The van der Waals surface area contributed by atoms with Crippen molar-refractivity contribution < 1.29 is 5.11 Å². The summed E-state index contributed by atoms with van der Waals surface area (Å²) in [7, 11) is 3.90. The van der Waals surface area contributed by atoms with Gasteiger partial charge in [-0.25, -0.2) is 0 Å². The number of nitrogens with zero attached hydrogens (tertiary/aromatic N) is 1. The van der Waals surface area contributed by atoms with Crippen LogP contribution in [0.2, 0.25) is 5.02 Å². The molecule has 0 fully saturated rings. The lowest BCUT2D eigenvalue weighted by molar-refractivity contribution is 0.386. The second kappa shape index (κ2) is 3.99. The highest BCUT2D eigenvalue weighted by molar-refractivity contribution is 6.31. The first-order chi connectivity index (χ1) is 6.00. The number of hydrogen-bond acceptors (Lipinski definition) is 2. The van der Waals surface area contributed by atoms with Crippen molar-refractivity contribution in [3.63, 3.8) is 0 Å². The molecule has 0 aliphatic carbocycles. The van der Waals surface area contributed by atoms with Gasteiger partial charge in [-0.3, -0.25) is 0 Å². The average molecular weight is 200 g/mol. The highest BCUT2D eigenvalue weighted by Crippen LogP contribution is 2.26. The molecule has 0 saturated heterocycles. The molecule has 0 bridgehead atoms. The Morgan fingerprint density at radius 1 is 1.38 bits per heavy atom. The van der Waals surface area contributed by atoms with E-state index in [1.807, 2.05) is 32.0 Å². The number of rotatable bonds is 2. The van der Waals surface area contributed by atoms with Crippen LogP contribution in [-0.2, 0) is 6.54 Å². The van der Waals surface area contributed by atoms with E-state index in [9.17, 15) is 5.11 Å². The molecule has 0 amide bonds. The van der Waals surface area contributed by atoms with E-state index >= 15 is 0 Å². The molecule has 0 aliphatic rings. The molecular formula is C10H14ClNO. The summed E-state index contributed by atoms with van der Waals surface area (Å²) in [6.07, 6.45) is 0. The first-order valence-electron chi connectivity index (χ1n) is 4.13. The van der Waals surface area contributed by atoms with Crippen LogP contribution < -0.4 is 0 Å². The molecule has 2 nitrogen and oxygen atoms in total. The Morgan fingerprint density at radius 3 is 2.54 bits per heavy atom. The number of hydrogen-bond donors (Lipinski definition) is 1. The molecule has 0 atom stereocenters. The van der Waals surface area contributed by atoms with Gasteiger partial charge in [-0.05, 0) is 38.7 Å². The highest BCUT2D eigenvalue weighted by atomic mass is 35.5. The smallest absolute Gasteiger partial charge is 0.120 e. The maximum atomic E-state index is 9.58. The molecule has 3 heteroatoms. The first-order valence-corrected chi connectivity index (χ1v) is 4.51. The molecular weight excluding hydrogens is 186 g/mol. The lowest BCUT2D eigenvalue weighted by atomic mass is 10.1. The van der Waals surface area contributed by atoms with Crippen molar-refractivity contribution in [2.45, 2.75) is 13.5 Å². The lowest BCUT2D eigenvalue weighted by Crippen LogP contribution is -2.10. The summed E-state index contributed by atoms with van der Waals surface area (Å²) in [4.78, 5) is 1.99. The van der Waals surface area contributed by atoms with Gasteiger partial charge in [0.05, 0.1) is 0 Å². The summed E-state index contributed by atoms with van der Waals surface area (Å²) in [5, 5.41) is 10.3. The normalized spacial score (nSPS) is 10.8. The van der Waals surface area contributed by atoms with Crippen LogP contribution in [0.1, 0.15) is 11.1 Å². The van der Waals surface area contributed by atoms with E-state index < -0.39 is 0 Å². The molecule has 72 valence electrons. The SMILES string of the molecule is Cc1cc(O)c(CN(C)C)cc1Cl. The van der Waals surface area contributed by atoms with Crippen LogP contribution in [0.25, 0.3) is 0 Å². The number of phenols is 1. The van der Waals surface area contributed by atoms with Crippen molar-refractivity contribution in [1.82, 2.24) is 4.90 Å². The third-order valence-electron chi connectivity index (χ3n) is 1.85. The largest absolute Gasteiger partial charge is 0.508 e. The second-order valence-corrected chi connectivity index (χ2v) is 3.88. The van der Waals surface area contributed by atoms with Crippen molar-refractivity contribution in [2.75, 3.05) is 14.1 Å². The monoisotopic (exact) mass is 199 g/mol. The molecule has 0 saturated carbocycles. The average Bonchev–Trinajstić information content (AvgIpc) is 1.99. The van der Waals surface area contributed by atoms with Gasteiger partial charge in [-0.15, -0.1) is 0 Å². The van der Waals surface area contributed by atoms with Gasteiger partial charge in [0.2, 0.25) is 0 Å². The summed E-state index contributed by atoms with van der Waals surface area (Å²) >= 11 is 5.94. The van der Waals surface area contributed by atoms with Crippen LogP contribution in [0.3, 0.4) is 0 Å². The predicted molar refractivity (Wildman–Crippen MR) is 55.2 cm³/mol. The van der Waals surface area contributed by atoms with Crippen molar-refractivity contribution in [1.29, 1.82) is 0 Å². The van der Waals surface area contributed by atoms with E-state index in [0.29, 0.717) is 17.3 Å². The van der Waals surface area contributed by atoms with E-state index in [0.717, 1.165) is 11.1 Å². The minimum atomic E-state index is 0.315. The first kappa shape index (κ1) is 10.4. The van der Waals surface area contributed by atoms with Crippen LogP contribution in [0.4, 0.5) is 0 Å². The molecule has 1 N–H and O–H groups in total. The van der Waals surface area contributed by atoms with Gasteiger partial charge >= 0.3 is 0 Å². The summed E-state index contributed by atoms with van der Waals surface area (Å²) in [6, 6.07) is 3.51.